The van der Waals surface area contributed by atoms with Gasteiger partial charge in [-0.1, -0.05) is 20.8 Å². The van der Waals surface area contributed by atoms with E-state index in [1.54, 1.807) is 14.2 Å². The minimum absolute atomic E-state index is 0.0736. The second-order valence-electron chi connectivity index (χ2n) is 4.28. The lowest BCUT2D eigenvalue weighted by Gasteiger charge is -2.38. The van der Waals surface area contributed by atoms with E-state index in [2.05, 4.69) is 0 Å². The highest BCUT2D eigenvalue weighted by Gasteiger charge is 2.40. The smallest absolute Gasteiger partial charge is 0.251 e. The van der Waals surface area contributed by atoms with Gasteiger partial charge in [0.2, 0.25) is 0 Å². The predicted octanol–water partition coefficient (Wildman–Crippen LogP) is 1.70. The van der Waals surface area contributed by atoms with Crippen molar-refractivity contribution in [3.05, 3.63) is 0 Å². The Morgan fingerprint density at radius 2 is 1.73 bits per heavy atom. The molecule has 4 nitrogen and oxygen atoms in total. The van der Waals surface area contributed by atoms with Crippen molar-refractivity contribution in [1.82, 2.24) is 5.06 Å². The topological polar surface area (TPSA) is 38.8 Å². The molecular weight excluding hydrogens is 194 g/mol. The minimum atomic E-state index is -0.468. The molecule has 0 saturated carbocycles. The minimum Gasteiger partial charge on any atom is -0.377 e. The van der Waals surface area contributed by atoms with Crippen LogP contribution in [0, 0.1) is 11.8 Å². The van der Waals surface area contributed by atoms with Crippen LogP contribution in [0.4, 0.5) is 0 Å². The Balaban J connectivity index is 4.80. The zero-order valence-corrected chi connectivity index (χ0v) is 10.8. The highest BCUT2D eigenvalue weighted by molar-refractivity contribution is 5.78. The Morgan fingerprint density at radius 1 is 1.27 bits per heavy atom. The van der Waals surface area contributed by atoms with E-state index in [9.17, 15) is 4.79 Å². The molecule has 0 N–H and O–H groups in total. The number of hydrogen-bond donors (Lipinski definition) is 0. The van der Waals surface area contributed by atoms with E-state index < -0.39 is 5.60 Å². The monoisotopic (exact) mass is 217 g/mol. The van der Waals surface area contributed by atoms with Gasteiger partial charge in [-0.3, -0.25) is 9.63 Å². The normalized spacial score (nSPS) is 17.3. The number of rotatable bonds is 5. The molecule has 0 aromatic carbocycles. The third-order valence-corrected chi connectivity index (χ3v) is 3.40. The van der Waals surface area contributed by atoms with Crippen LogP contribution < -0.4 is 0 Å². The summed E-state index contributed by atoms with van der Waals surface area (Å²) in [5.74, 6) is -0.0605. The van der Waals surface area contributed by atoms with Gasteiger partial charge in [-0.15, -0.1) is 0 Å². The standard InChI is InChI=1S/C11H23NO3/c1-8(2)11(4,14-6)9(3)10(13)12(5)15-7/h8-9H,1-7H3/t9-,11+/m0/s1. The van der Waals surface area contributed by atoms with Gasteiger partial charge >= 0.3 is 0 Å². The maximum Gasteiger partial charge on any atom is 0.251 e. The summed E-state index contributed by atoms with van der Waals surface area (Å²) in [6, 6.07) is 0. The molecule has 0 aliphatic heterocycles. The highest BCUT2D eigenvalue weighted by Crippen LogP contribution is 2.30. The third kappa shape index (κ3) is 2.92. The molecule has 0 unspecified atom stereocenters. The van der Waals surface area contributed by atoms with Crippen LogP contribution >= 0.6 is 0 Å². The number of carbonyl (C=O) groups excluding carboxylic acids is 1. The van der Waals surface area contributed by atoms with Crippen molar-refractivity contribution < 1.29 is 14.4 Å². The molecule has 0 rings (SSSR count). The Hall–Kier alpha value is -0.610. The van der Waals surface area contributed by atoms with Crippen LogP contribution in [0.2, 0.25) is 0 Å². The number of hydrogen-bond acceptors (Lipinski definition) is 3. The molecule has 0 radical (unpaired) electrons. The number of nitrogens with zero attached hydrogens (tertiary/aromatic N) is 1. The molecule has 0 aromatic heterocycles. The fourth-order valence-electron chi connectivity index (χ4n) is 1.52. The number of carbonyl (C=O) groups is 1. The van der Waals surface area contributed by atoms with Crippen molar-refractivity contribution >= 4 is 5.91 Å². The summed E-state index contributed by atoms with van der Waals surface area (Å²) in [5, 5.41) is 1.24. The largest absolute Gasteiger partial charge is 0.377 e. The van der Waals surface area contributed by atoms with Crippen molar-refractivity contribution in [2.24, 2.45) is 11.8 Å². The molecule has 1 amide bonds. The lowest BCUT2D eigenvalue weighted by molar-refractivity contribution is -0.185. The molecule has 90 valence electrons. The molecule has 15 heavy (non-hydrogen) atoms. The van der Waals surface area contributed by atoms with Gasteiger partial charge in [-0.2, -0.15) is 0 Å². The van der Waals surface area contributed by atoms with E-state index in [0.29, 0.717) is 0 Å². The maximum absolute atomic E-state index is 11.9. The summed E-state index contributed by atoms with van der Waals surface area (Å²) in [6.07, 6.45) is 0. The number of amides is 1. The molecule has 4 heteroatoms. The van der Waals surface area contributed by atoms with Crippen molar-refractivity contribution in [3.63, 3.8) is 0 Å². The van der Waals surface area contributed by atoms with Gasteiger partial charge in [0.05, 0.1) is 18.6 Å². The Morgan fingerprint density at radius 3 is 2.00 bits per heavy atom. The van der Waals surface area contributed by atoms with Gasteiger partial charge in [0.15, 0.2) is 0 Å². The molecule has 0 heterocycles. The van der Waals surface area contributed by atoms with Crippen LogP contribution in [0.15, 0.2) is 0 Å². The van der Waals surface area contributed by atoms with Crippen LogP contribution in [0.3, 0.4) is 0 Å². The molecule has 0 fully saturated rings. The van der Waals surface area contributed by atoms with Crippen molar-refractivity contribution in [3.8, 4) is 0 Å². The SMILES string of the molecule is CON(C)C(=O)[C@H](C)[C@](C)(OC)C(C)C. The van der Waals surface area contributed by atoms with Crippen molar-refractivity contribution in [2.45, 2.75) is 33.3 Å². The average Bonchev–Trinajstić information content (AvgIpc) is 2.24. The summed E-state index contributed by atoms with van der Waals surface area (Å²) in [7, 11) is 4.72. The van der Waals surface area contributed by atoms with E-state index in [1.807, 2.05) is 27.7 Å². The number of ether oxygens (including phenoxy) is 1. The molecule has 0 saturated heterocycles. The lowest BCUT2D eigenvalue weighted by Crippen LogP contribution is -2.48. The first-order chi connectivity index (χ1) is 6.81. The Bertz CT molecular complexity index is 218. The van der Waals surface area contributed by atoms with Gasteiger partial charge in [0.1, 0.15) is 0 Å². The van der Waals surface area contributed by atoms with Crippen molar-refractivity contribution in [1.29, 1.82) is 0 Å². The molecule has 0 aliphatic rings. The second kappa shape index (κ2) is 5.47. The fraction of sp³-hybridized carbons (Fsp3) is 0.909. The fourth-order valence-corrected chi connectivity index (χ4v) is 1.52. The average molecular weight is 217 g/mol. The second-order valence-corrected chi connectivity index (χ2v) is 4.28. The van der Waals surface area contributed by atoms with Gasteiger partial charge in [0.25, 0.3) is 5.91 Å². The van der Waals surface area contributed by atoms with Gasteiger partial charge < -0.3 is 4.74 Å². The summed E-state index contributed by atoms with van der Waals surface area (Å²) < 4.78 is 5.47. The maximum atomic E-state index is 11.9. The first-order valence-corrected chi connectivity index (χ1v) is 5.18. The summed E-state index contributed by atoms with van der Waals surface area (Å²) in [5.41, 5.74) is -0.468. The number of hydroxylamine groups is 2. The number of methoxy groups -OCH3 is 1. The van der Waals surface area contributed by atoms with E-state index in [1.165, 1.54) is 12.2 Å². The molecule has 0 aromatic rings. The predicted molar refractivity (Wildman–Crippen MR) is 59.2 cm³/mol. The van der Waals surface area contributed by atoms with Gasteiger partial charge in [-0.25, -0.2) is 5.06 Å². The molecule has 0 spiro atoms. The van der Waals surface area contributed by atoms with Crippen LogP contribution in [-0.2, 0) is 14.4 Å². The summed E-state index contributed by atoms with van der Waals surface area (Å²) in [6.45, 7) is 7.89. The Labute approximate surface area is 92.5 Å². The van der Waals surface area contributed by atoms with Gasteiger partial charge in [0, 0.05) is 14.2 Å². The molecule has 2 atom stereocenters. The zero-order chi connectivity index (χ0) is 12.2. The van der Waals surface area contributed by atoms with Crippen LogP contribution in [0.1, 0.15) is 27.7 Å². The summed E-state index contributed by atoms with van der Waals surface area (Å²) >= 11 is 0. The van der Waals surface area contributed by atoms with E-state index in [-0.39, 0.29) is 17.7 Å². The van der Waals surface area contributed by atoms with Crippen molar-refractivity contribution in [2.75, 3.05) is 21.3 Å². The quantitative estimate of drug-likeness (QED) is 0.658. The third-order valence-electron chi connectivity index (χ3n) is 3.40. The van der Waals surface area contributed by atoms with Crippen LogP contribution in [0.25, 0.3) is 0 Å². The van der Waals surface area contributed by atoms with Crippen LogP contribution in [0.5, 0.6) is 0 Å². The van der Waals surface area contributed by atoms with Crippen LogP contribution in [-0.4, -0.2) is 37.8 Å². The van der Waals surface area contributed by atoms with E-state index in [4.69, 9.17) is 9.57 Å². The molecule has 0 bridgehead atoms. The summed E-state index contributed by atoms with van der Waals surface area (Å²) in [4.78, 5) is 16.8. The van der Waals surface area contributed by atoms with E-state index >= 15 is 0 Å². The molecule has 0 aliphatic carbocycles. The first-order valence-electron chi connectivity index (χ1n) is 5.18. The molecular formula is C11H23NO3. The van der Waals surface area contributed by atoms with E-state index in [0.717, 1.165) is 0 Å². The highest BCUT2D eigenvalue weighted by atomic mass is 16.7. The Kier molecular flexibility index (Phi) is 5.24. The first kappa shape index (κ1) is 14.4. The zero-order valence-electron chi connectivity index (χ0n) is 10.8. The lowest BCUT2D eigenvalue weighted by atomic mass is 9.80. The van der Waals surface area contributed by atoms with Gasteiger partial charge in [-0.05, 0) is 12.8 Å².